The number of methoxy groups -OCH3 is 1. The van der Waals surface area contributed by atoms with E-state index in [2.05, 4.69) is 0 Å². The maximum atomic E-state index is 13.5. The predicted molar refractivity (Wildman–Crippen MR) is 61.2 cm³/mol. The van der Waals surface area contributed by atoms with E-state index >= 15 is 0 Å². The zero-order valence-corrected chi connectivity index (χ0v) is 10.1. The number of benzene rings is 1. The van der Waals surface area contributed by atoms with Crippen LogP contribution in [0.2, 0.25) is 0 Å². The molecule has 0 amide bonds. The van der Waals surface area contributed by atoms with Gasteiger partial charge in [0, 0.05) is 15.8 Å². The Balaban J connectivity index is 2.39. The fraction of sp³-hybridized carbons (Fsp3) is 0.167. The molecule has 0 saturated heterocycles. The van der Waals surface area contributed by atoms with Crippen molar-refractivity contribution in [2.45, 2.75) is 6.10 Å². The molecule has 0 radical (unpaired) electrons. The Morgan fingerprint density at radius 1 is 1.22 bits per heavy atom. The molecular formula is C12H9F3O2S. The second-order valence-electron chi connectivity index (χ2n) is 3.56. The second kappa shape index (κ2) is 4.99. The van der Waals surface area contributed by atoms with Crippen molar-refractivity contribution in [2.24, 2.45) is 0 Å². The Morgan fingerprint density at radius 3 is 2.56 bits per heavy atom. The Labute approximate surface area is 105 Å². The first-order valence-corrected chi connectivity index (χ1v) is 5.86. The molecule has 6 heteroatoms. The molecule has 0 aliphatic rings. The summed E-state index contributed by atoms with van der Waals surface area (Å²) in [5, 5.41) is 11.5. The zero-order chi connectivity index (χ0) is 13.3. The van der Waals surface area contributed by atoms with Crippen LogP contribution in [-0.4, -0.2) is 12.2 Å². The highest BCUT2D eigenvalue weighted by Gasteiger charge is 2.21. The molecule has 1 heterocycles. The van der Waals surface area contributed by atoms with Gasteiger partial charge in [0.1, 0.15) is 11.9 Å². The molecule has 1 atom stereocenters. The van der Waals surface area contributed by atoms with Crippen LogP contribution in [0.1, 0.15) is 16.5 Å². The quantitative estimate of drug-likeness (QED) is 0.871. The van der Waals surface area contributed by atoms with Crippen LogP contribution >= 0.6 is 11.3 Å². The summed E-state index contributed by atoms with van der Waals surface area (Å²) in [6.45, 7) is 0. The average Bonchev–Trinajstić information content (AvgIpc) is 2.84. The summed E-state index contributed by atoms with van der Waals surface area (Å²) in [6, 6.07) is 3.31. The van der Waals surface area contributed by atoms with Gasteiger partial charge in [0.2, 0.25) is 0 Å². The highest BCUT2D eigenvalue weighted by atomic mass is 32.1. The van der Waals surface area contributed by atoms with Crippen molar-refractivity contribution in [3.63, 3.8) is 0 Å². The summed E-state index contributed by atoms with van der Waals surface area (Å²) in [7, 11) is 1.45. The van der Waals surface area contributed by atoms with Gasteiger partial charge in [-0.15, -0.1) is 11.3 Å². The Hall–Kier alpha value is -1.53. The molecule has 1 N–H and O–H groups in total. The number of aliphatic hydroxyl groups is 1. The molecule has 1 aromatic carbocycles. The lowest BCUT2D eigenvalue weighted by molar-refractivity contribution is 0.216. The summed E-state index contributed by atoms with van der Waals surface area (Å²) < 4.78 is 44.2. The molecule has 0 spiro atoms. The van der Waals surface area contributed by atoms with Crippen LogP contribution in [0.4, 0.5) is 13.2 Å². The van der Waals surface area contributed by atoms with Gasteiger partial charge >= 0.3 is 0 Å². The molecule has 18 heavy (non-hydrogen) atoms. The monoisotopic (exact) mass is 274 g/mol. The molecule has 2 aromatic rings. The fourth-order valence-electron chi connectivity index (χ4n) is 1.49. The molecule has 2 nitrogen and oxygen atoms in total. The van der Waals surface area contributed by atoms with Gasteiger partial charge in [0.05, 0.1) is 7.11 Å². The maximum Gasteiger partial charge on any atom is 0.194 e. The summed E-state index contributed by atoms with van der Waals surface area (Å²) in [5.74, 6) is -3.74. The number of hydrogen-bond donors (Lipinski definition) is 1. The van der Waals surface area contributed by atoms with Gasteiger partial charge in [-0.1, -0.05) is 0 Å². The lowest BCUT2D eigenvalue weighted by atomic mass is 10.1. The van der Waals surface area contributed by atoms with E-state index in [-0.39, 0.29) is 5.56 Å². The zero-order valence-electron chi connectivity index (χ0n) is 9.28. The minimum absolute atomic E-state index is 0.307. The van der Waals surface area contributed by atoms with Crippen LogP contribution in [0.3, 0.4) is 0 Å². The topological polar surface area (TPSA) is 29.5 Å². The highest BCUT2D eigenvalue weighted by Crippen LogP contribution is 2.32. The van der Waals surface area contributed by atoms with E-state index in [9.17, 15) is 18.3 Å². The molecule has 1 unspecified atom stereocenters. The molecule has 0 fully saturated rings. The van der Waals surface area contributed by atoms with E-state index in [0.29, 0.717) is 10.6 Å². The molecule has 2 rings (SSSR count). The number of halogens is 3. The Bertz CT molecular complexity index is 568. The number of ether oxygens (including phenoxy) is 1. The average molecular weight is 274 g/mol. The van der Waals surface area contributed by atoms with Gasteiger partial charge in [-0.3, -0.25) is 0 Å². The maximum absolute atomic E-state index is 13.5. The van der Waals surface area contributed by atoms with Gasteiger partial charge in [0.25, 0.3) is 0 Å². The molecule has 1 aromatic heterocycles. The normalized spacial score (nSPS) is 12.5. The van der Waals surface area contributed by atoms with Crippen molar-refractivity contribution in [1.82, 2.24) is 0 Å². The predicted octanol–water partition coefficient (Wildman–Crippen LogP) is 3.26. The van der Waals surface area contributed by atoms with E-state index in [1.165, 1.54) is 13.2 Å². The smallest absolute Gasteiger partial charge is 0.194 e. The Kier molecular flexibility index (Phi) is 3.58. The number of hydrogen-bond acceptors (Lipinski definition) is 3. The van der Waals surface area contributed by atoms with E-state index in [0.717, 1.165) is 23.5 Å². The molecule has 0 aliphatic carbocycles. The van der Waals surface area contributed by atoms with Gasteiger partial charge in [-0.2, -0.15) is 0 Å². The minimum atomic E-state index is -1.59. The van der Waals surface area contributed by atoms with Crippen LogP contribution < -0.4 is 4.74 Å². The third-order valence-corrected chi connectivity index (χ3v) is 3.42. The van der Waals surface area contributed by atoms with Crippen molar-refractivity contribution >= 4 is 11.3 Å². The summed E-state index contributed by atoms with van der Waals surface area (Å²) >= 11 is 1.14. The highest BCUT2D eigenvalue weighted by molar-refractivity contribution is 7.10. The van der Waals surface area contributed by atoms with Crippen LogP contribution in [0.25, 0.3) is 0 Å². The summed E-state index contributed by atoms with van der Waals surface area (Å²) in [5.41, 5.74) is -0.307. The number of thiophene rings is 1. The van der Waals surface area contributed by atoms with Gasteiger partial charge in [-0.25, -0.2) is 13.2 Å². The molecular weight excluding hydrogens is 265 g/mol. The third-order valence-electron chi connectivity index (χ3n) is 2.46. The first-order chi connectivity index (χ1) is 8.54. The fourth-order valence-corrected chi connectivity index (χ4v) is 2.35. The lowest BCUT2D eigenvalue weighted by Gasteiger charge is -2.10. The van der Waals surface area contributed by atoms with Crippen molar-refractivity contribution in [3.8, 4) is 5.75 Å². The van der Waals surface area contributed by atoms with Crippen LogP contribution in [-0.2, 0) is 0 Å². The SMILES string of the molecule is COc1csc(C(O)c2ccc(F)c(F)c2F)c1. The number of rotatable bonds is 3. The van der Waals surface area contributed by atoms with Crippen LogP contribution in [0.5, 0.6) is 5.75 Å². The van der Waals surface area contributed by atoms with Crippen molar-refractivity contribution in [3.05, 3.63) is 51.5 Å². The standard InChI is InChI=1S/C12H9F3O2S/c1-17-6-4-9(18-5-6)12(16)7-2-3-8(13)11(15)10(7)14/h2-5,12,16H,1H3. The van der Waals surface area contributed by atoms with E-state index < -0.39 is 23.6 Å². The van der Waals surface area contributed by atoms with Crippen LogP contribution in [0.15, 0.2) is 23.6 Å². The lowest BCUT2D eigenvalue weighted by Crippen LogP contribution is -2.04. The van der Waals surface area contributed by atoms with Crippen molar-refractivity contribution in [1.29, 1.82) is 0 Å². The molecule has 0 saturated carbocycles. The Morgan fingerprint density at radius 2 is 1.94 bits per heavy atom. The molecule has 0 bridgehead atoms. The largest absolute Gasteiger partial charge is 0.496 e. The second-order valence-corrected chi connectivity index (χ2v) is 4.50. The van der Waals surface area contributed by atoms with E-state index in [4.69, 9.17) is 4.74 Å². The van der Waals surface area contributed by atoms with Gasteiger partial charge < -0.3 is 9.84 Å². The van der Waals surface area contributed by atoms with E-state index in [1.807, 2.05) is 0 Å². The van der Waals surface area contributed by atoms with Crippen molar-refractivity contribution in [2.75, 3.05) is 7.11 Å². The van der Waals surface area contributed by atoms with E-state index in [1.54, 1.807) is 5.38 Å². The third kappa shape index (κ3) is 2.21. The first-order valence-electron chi connectivity index (χ1n) is 4.98. The minimum Gasteiger partial charge on any atom is -0.496 e. The summed E-state index contributed by atoms with van der Waals surface area (Å²) in [4.78, 5) is 0.386. The first kappa shape index (κ1) is 12.9. The van der Waals surface area contributed by atoms with Gasteiger partial charge in [0.15, 0.2) is 17.5 Å². The summed E-state index contributed by atoms with van der Waals surface area (Å²) in [6.07, 6.45) is -1.35. The van der Waals surface area contributed by atoms with Gasteiger partial charge in [-0.05, 0) is 18.2 Å². The molecule has 96 valence electrons. The van der Waals surface area contributed by atoms with Crippen LogP contribution in [0, 0.1) is 17.5 Å². The van der Waals surface area contributed by atoms with Crippen molar-refractivity contribution < 1.29 is 23.0 Å². The molecule has 0 aliphatic heterocycles. The number of aliphatic hydroxyl groups excluding tert-OH is 1.